The second-order valence-corrected chi connectivity index (χ2v) is 8.65. The van der Waals surface area contributed by atoms with E-state index in [0.717, 1.165) is 52.0 Å². The summed E-state index contributed by atoms with van der Waals surface area (Å²) in [5.41, 5.74) is 0. The van der Waals surface area contributed by atoms with Gasteiger partial charge < -0.3 is 0 Å². The normalized spacial score (nSPS) is 17.4. The number of rotatable bonds is 7. The first kappa shape index (κ1) is 17.8. The Morgan fingerprint density at radius 1 is 1.26 bits per heavy atom. The maximum atomic E-state index is 12.0. The van der Waals surface area contributed by atoms with Gasteiger partial charge in [-0.3, -0.25) is 0 Å². The van der Waals surface area contributed by atoms with Crippen molar-refractivity contribution in [2.75, 3.05) is 19.6 Å². The topological polar surface area (TPSA) is 60.9 Å². The average Bonchev–Trinajstić information content (AvgIpc) is 2.38. The van der Waals surface area contributed by atoms with Crippen LogP contribution in [0.1, 0.15) is 32.1 Å². The third kappa shape index (κ3) is 6.83. The number of carbonyl (C=O) groups excluding carboxylic acids is 1. The third-order valence-corrected chi connectivity index (χ3v) is 6.66. The molecule has 0 atom stereocenters. The molecule has 1 aliphatic heterocycles. The average molecular weight is 655 g/mol. The Hall–Kier alpha value is 0.744. The Kier molecular flexibility index (Phi) is 9.03. The predicted octanol–water partition coefficient (Wildman–Crippen LogP) is 0.205. The first-order valence-corrected chi connectivity index (χ1v) is 11.2. The van der Waals surface area contributed by atoms with Crippen molar-refractivity contribution >= 4 is 63.7 Å². The van der Waals surface area contributed by atoms with Gasteiger partial charge in [0, 0.05) is 0 Å². The van der Waals surface area contributed by atoms with E-state index in [-0.39, 0.29) is 12.3 Å². The van der Waals surface area contributed by atoms with E-state index in [2.05, 4.69) is 4.90 Å². The molecule has 0 aromatic rings. The van der Waals surface area contributed by atoms with Crippen LogP contribution in [0.5, 0.6) is 0 Å². The van der Waals surface area contributed by atoms with Gasteiger partial charge >= 0.3 is 148 Å². The molecule has 1 saturated heterocycles. The Labute approximate surface area is 146 Å². The Balaban J connectivity index is 2.27. The number of carboxylic acids is 1. The fourth-order valence-electron chi connectivity index (χ4n) is 2.27. The SMILES string of the molecule is O=C(O)CCCC(=O)[N]([Pb])C1CCN(C[CH2][Pb])CC1. The van der Waals surface area contributed by atoms with Crippen LogP contribution in [0.25, 0.3) is 0 Å². The summed E-state index contributed by atoms with van der Waals surface area (Å²) in [5, 5.41) is 8.57. The fourth-order valence-corrected chi connectivity index (χ4v) is 4.94. The number of nitrogens with zero attached hydrogens (tertiary/aromatic N) is 2. The van der Waals surface area contributed by atoms with Crippen molar-refractivity contribution in [3.63, 3.8) is 0 Å². The number of hydrogen-bond acceptors (Lipinski definition) is 3. The molecule has 0 bridgehead atoms. The van der Waals surface area contributed by atoms with Crippen LogP contribution in [0.15, 0.2) is 0 Å². The first-order valence-electron chi connectivity index (χ1n) is 6.66. The van der Waals surface area contributed by atoms with Crippen LogP contribution in [0.3, 0.4) is 0 Å². The summed E-state index contributed by atoms with van der Waals surface area (Å²) >= 11 is 2.01. The van der Waals surface area contributed by atoms with E-state index in [1.54, 1.807) is 0 Å². The zero-order valence-corrected chi connectivity index (χ0v) is 18.9. The van der Waals surface area contributed by atoms with Crippen molar-refractivity contribution in [1.29, 1.82) is 0 Å². The van der Waals surface area contributed by atoms with Gasteiger partial charge in [-0.1, -0.05) is 0 Å². The van der Waals surface area contributed by atoms with Crippen LogP contribution < -0.4 is 0 Å². The van der Waals surface area contributed by atoms with E-state index < -0.39 is 5.97 Å². The van der Waals surface area contributed by atoms with E-state index in [0.29, 0.717) is 18.9 Å². The Morgan fingerprint density at radius 2 is 1.89 bits per heavy atom. The summed E-state index contributed by atoms with van der Waals surface area (Å²) in [4.78, 5) is 24.9. The Morgan fingerprint density at radius 3 is 2.42 bits per heavy atom. The van der Waals surface area contributed by atoms with Gasteiger partial charge in [0.2, 0.25) is 0 Å². The van der Waals surface area contributed by atoms with E-state index in [1.165, 1.54) is 36.3 Å². The fraction of sp³-hybridized carbons (Fsp3) is 0.833. The molecule has 1 aliphatic rings. The van der Waals surface area contributed by atoms with Crippen LogP contribution in [0.4, 0.5) is 0 Å². The maximum absolute atomic E-state index is 12.0. The number of piperidine rings is 1. The number of carbonyl (C=O) groups is 2. The number of carboxylic acid groups (broad SMARTS) is 1. The minimum absolute atomic E-state index is 0.0972. The molecule has 0 aliphatic carbocycles. The molecule has 1 rings (SSSR count). The minimum atomic E-state index is -0.816. The molecule has 19 heavy (non-hydrogen) atoms. The van der Waals surface area contributed by atoms with E-state index in [4.69, 9.17) is 5.11 Å². The number of amides is 1. The molecule has 5 nitrogen and oxygen atoms in total. The summed E-state index contributed by atoms with van der Waals surface area (Å²) in [7, 11) is 0. The molecular formula is C12H20N2O3Pb2. The summed E-state index contributed by atoms with van der Waals surface area (Å²) < 4.78 is 3.29. The van der Waals surface area contributed by atoms with Gasteiger partial charge in [0.15, 0.2) is 0 Å². The van der Waals surface area contributed by atoms with Crippen molar-refractivity contribution in [1.82, 2.24) is 7.61 Å². The van der Waals surface area contributed by atoms with Gasteiger partial charge in [0.1, 0.15) is 0 Å². The number of hydrogen-bond donors (Lipinski definition) is 1. The zero-order chi connectivity index (χ0) is 14.3. The summed E-state index contributed by atoms with van der Waals surface area (Å²) in [6.07, 6.45) is 3.11. The Bertz CT molecular complexity index is 307. The molecule has 0 spiro atoms. The molecule has 1 heterocycles. The molecule has 0 saturated carbocycles. The summed E-state index contributed by atoms with van der Waals surface area (Å²) in [5.74, 6) is -0.668. The van der Waals surface area contributed by atoms with Crippen molar-refractivity contribution < 1.29 is 14.7 Å². The predicted molar refractivity (Wildman–Crippen MR) is 74.1 cm³/mol. The number of aliphatic carboxylic acids is 1. The first-order chi connectivity index (χ1) is 9.04. The van der Waals surface area contributed by atoms with Gasteiger partial charge in [0.05, 0.1) is 0 Å². The molecule has 1 N–H and O–H groups in total. The molecule has 1 fully saturated rings. The van der Waals surface area contributed by atoms with Crippen LogP contribution >= 0.6 is 0 Å². The molecular weight excluding hydrogens is 635 g/mol. The van der Waals surface area contributed by atoms with E-state index in [9.17, 15) is 9.59 Å². The molecule has 0 aromatic carbocycles. The van der Waals surface area contributed by atoms with E-state index in [1.807, 2.05) is 2.71 Å². The molecule has 104 valence electrons. The van der Waals surface area contributed by atoms with Crippen LogP contribution in [-0.4, -0.2) is 102 Å². The van der Waals surface area contributed by atoms with Crippen LogP contribution in [0.2, 0.25) is 3.98 Å². The number of likely N-dealkylation sites (tertiary alicyclic amines) is 1. The van der Waals surface area contributed by atoms with Gasteiger partial charge in [0.25, 0.3) is 0 Å². The zero-order valence-electron chi connectivity index (χ0n) is 11.1. The van der Waals surface area contributed by atoms with E-state index >= 15 is 0 Å². The molecule has 6 radical (unpaired) electrons. The third-order valence-electron chi connectivity index (χ3n) is 3.40. The van der Waals surface area contributed by atoms with Gasteiger partial charge in [-0.15, -0.1) is 0 Å². The van der Waals surface area contributed by atoms with Gasteiger partial charge in [-0.05, 0) is 0 Å². The second-order valence-electron chi connectivity index (χ2n) is 4.83. The second kappa shape index (κ2) is 9.64. The monoisotopic (exact) mass is 656 g/mol. The van der Waals surface area contributed by atoms with Gasteiger partial charge in [-0.2, -0.15) is 0 Å². The summed E-state index contributed by atoms with van der Waals surface area (Å²) in [6, 6.07) is 0.398. The molecule has 0 aromatic heterocycles. The van der Waals surface area contributed by atoms with Crippen molar-refractivity contribution in [3.8, 4) is 0 Å². The van der Waals surface area contributed by atoms with Crippen LogP contribution in [-0.2, 0) is 9.59 Å². The molecule has 0 unspecified atom stereocenters. The van der Waals surface area contributed by atoms with Crippen molar-refractivity contribution in [3.05, 3.63) is 0 Å². The standard InChI is InChI=1S/C12H21N2O3.2Pb/c1-2-14-8-6-10(7-9-14)13-11(15)4-3-5-12(16)17;;/h10H,1-9H2,(H2,13,15,16,17);;/q;;+1/p-1. The van der Waals surface area contributed by atoms with Gasteiger partial charge in [-0.25, -0.2) is 0 Å². The molecule has 7 heteroatoms. The van der Waals surface area contributed by atoms with Crippen LogP contribution in [0, 0.1) is 0 Å². The van der Waals surface area contributed by atoms with Crippen molar-refractivity contribution in [2.45, 2.75) is 42.1 Å². The van der Waals surface area contributed by atoms with Crippen molar-refractivity contribution in [2.24, 2.45) is 0 Å². The molecule has 1 amide bonds. The summed E-state index contributed by atoms with van der Waals surface area (Å²) in [6.45, 7) is 3.43. The quantitative estimate of drug-likeness (QED) is 0.399.